The Hall–Kier alpha value is -0.400. The van der Waals surface area contributed by atoms with E-state index in [1.807, 2.05) is 12.1 Å². The summed E-state index contributed by atoms with van der Waals surface area (Å²) < 4.78 is 25.9. The summed E-state index contributed by atoms with van der Waals surface area (Å²) >= 11 is 4.73. The topological polar surface area (TPSA) is 63.2 Å². The van der Waals surface area contributed by atoms with Gasteiger partial charge in [-0.15, -0.1) is 11.3 Å². The molecule has 4 nitrogen and oxygen atoms in total. The summed E-state index contributed by atoms with van der Waals surface area (Å²) in [5.74, 6) is -0.967. The highest BCUT2D eigenvalue weighted by Crippen LogP contribution is 2.28. The van der Waals surface area contributed by atoms with Crippen LogP contribution in [0.15, 0.2) is 15.9 Å². The van der Waals surface area contributed by atoms with Crippen LogP contribution < -0.4 is 4.72 Å². The molecule has 7 heteroatoms. The fourth-order valence-electron chi connectivity index (χ4n) is 1.25. The molecule has 96 valence electrons. The van der Waals surface area contributed by atoms with E-state index >= 15 is 0 Å². The van der Waals surface area contributed by atoms with Crippen molar-refractivity contribution in [2.45, 2.75) is 26.2 Å². The van der Waals surface area contributed by atoms with Crippen molar-refractivity contribution in [2.24, 2.45) is 0 Å². The number of rotatable bonds is 5. The van der Waals surface area contributed by atoms with Gasteiger partial charge in [0.25, 0.3) is 0 Å². The molecular weight excluding hydrogens is 326 g/mol. The number of carbonyl (C=O) groups excluding carboxylic acids is 1. The summed E-state index contributed by atoms with van der Waals surface area (Å²) in [7, 11) is -3.48. The number of halogens is 1. The van der Waals surface area contributed by atoms with Crippen LogP contribution in [0.1, 0.15) is 31.1 Å². The molecule has 1 N–H and O–H groups in total. The van der Waals surface area contributed by atoms with Gasteiger partial charge in [0.1, 0.15) is 0 Å². The lowest BCUT2D eigenvalue weighted by Gasteiger charge is -2.10. The van der Waals surface area contributed by atoms with Gasteiger partial charge in [-0.3, -0.25) is 9.52 Å². The molecule has 1 amide bonds. The molecule has 17 heavy (non-hydrogen) atoms. The standard InChI is InChI=1S/C10H14BrNO3S2/c1-3-6-17(14,15)12-10(13)7(2)8-4-5-9(11)16-8/h4-5,7H,3,6H2,1-2H3,(H,12,13). The largest absolute Gasteiger partial charge is 0.273 e. The number of thiophene rings is 1. The third-order valence-electron chi connectivity index (χ3n) is 2.14. The SMILES string of the molecule is CCCS(=O)(=O)NC(=O)C(C)c1ccc(Br)s1. The first-order chi connectivity index (χ1) is 7.85. The monoisotopic (exact) mass is 339 g/mol. The minimum absolute atomic E-state index is 0.0282. The van der Waals surface area contributed by atoms with E-state index in [0.29, 0.717) is 6.42 Å². The molecule has 0 aliphatic heterocycles. The van der Waals surface area contributed by atoms with E-state index in [1.54, 1.807) is 13.8 Å². The average Bonchev–Trinajstić information content (AvgIpc) is 2.62. The summed E-state index contributed by atoms with van der Waals surface area (Å²) in [5.41, 5.74) is 0. The zero-order chi connectivity index (χ0) is 13.1. The fraction of sp³-hybridized carbons (Fsp3) is 0.500. The van der Waals surface area contributed by atoms with Gasteiger partial charge in [0.2, 0.25) is 15.9 Å². The van der Waals surface area contributed by atoms with Crippen LogP contribution >= 0.6 is 27.3 Å². The van der Waals surface area contributed by atoms with Crippen LogP contribution in [-0.2, 0) is 14.8 Å². The number of hydrogen-bond acceptors (Lipinski definition) is 4. The lowest BCUT2D eigenvalue weighted by atomic mass is 10.1. The van der Waals surface area contributed by atoms with Gasteiger partial charge < -0.3 is 0 Å². The molecule has 0 radical (unpaired) electrons. The van der Waals surface area contributed by atoms with E-state index in [-0.39, 0.29) is 5.75 Å². The quantitative estimate of drug-likeness (QED) is 0.896. The number of carbonyl (C=O) groups is 1. The van der Waals surface area contributed by atoms with Crippen molar-refractivity contribution in [3.8, 4) is 0 Å². The van der Waals surface area contributed by atoms with E-state index in [2.05, 4.69) is 20.7 Å². The molecule has 1 aromatic heterocycles. The van der Waals surface area contributed by atoms with Crippen LogP contribution in [0.5, 0.6) is 0 Å². The van der Waals surface area contributed by atoms with Gasteiger partial charge in [-0.25, -0.2) is 8.42 Å². The van der Waals surface area contributed by atoms with Gasteiger partial charge in [0.05, 0.1) is 15.5 Å². The fourth-order valence-corrected chi connectivity index (χ4v) is 3.85. The van der Waals surface area contributed by atoms with Crippen molar-refractivity contribution < 1.29 is 13.2 Å². The maximum absolute atomic E-state index is 11.7. The van der Waals surface area contributed by atoms with E-state index in [1.165, 1.54) is 11.3 Å². The Morgan fingerprint density at radius 2 is 2.18 bits per heavy atom. The zero-order valence-electron chi connectivity index (χ0n) is 9.57. The minimum Gasteiger partial charge on any atom is -0.273 e. The van der Waals surface area contributed by atoms with Gasteiger partial charge in [-0.05, 0) is 41.4 Å². The van der Waals surface area contributed by atoms with Gasteiger partial charge in [0.15, 0.2) is 0 Å². The van der Waals surface area contributed by atoms with E-state index in [4.69, 9.17) is 0 Å². The van der Waals surface area contributed by atoms with Crippen molar-refractivity contribution in [2.75, 3.05) is 5.75 Å². The molecule has 1 atom stereocenters. The second-order valence-electron chi connectivity index (χ2n) is 3.65. The highest BCUT2D eigenvalue weighted by atomic mass is 79.9. The molecule has 1 aromatic rings. The summed E-state index contributed by atoms with van der Waals surface area (Å²) in [6.07, 6.45) is 0.488. The molecule has 0 bridgehead atoms. The van der Waals surface area contributed by atoms with Crippen molar-refractivity contribution in [1.29, 1.82) is 0 Å². The van der Waals surface area contributed by atoms with Crippen molar-refractivity contribution in [3.63, 3.8) is 0 Å². The number of sulfonamides is 1. The Labute approximate surface area is 114 Å². The zero-order valence-corrected chi connectivity index (χ0v) is 12.8. The molecule has 1 heterocycles. The minimum atomic E-state index is -3.48. The molecule has 0 aromatic carbocycles. The molecule has 0 aliphatic carbocycles. The Morgan fingerprint density at radius 3 is 2.65 bits per heavy atom. The molecule has 0 fully saturated rings. The van der Waals surface area contributed by atoms with Crippen LogP contribution in [-0.4, -0.2) is 20.1 Å². The molecule has 0 spiro atoms. The summed E-state index contributed by atoms with van der Waals surface area (Å²) in [4.78, 5) is 12.6. The normalized spacial score (nSPS) is 13.4. The molecule has 1 rings (SSSR count). The summed E-state index contributed by atoms with van der Waals surface area (Å²) in [5, 5.41) is 0. The molecule has 0 aliphatic rings. The van der Waals surface area contributed by atoms with Crippen LogP contribution in [0, 0.1) is 0 Å². The first-order valence-corrected chi connectivity index (χ1v) is 8.41. The highest BCUT2D eigenvalue weighted by Gasteiger charge is 2.21. The predicted molar refractivity (Wildman–Crippen MR) is 72.7 cm³/mol. The number of amides is 1. The van der Waals surface area contributed by atoms with E-state index < -0.39 is 21.8 Å². The molecule has 0 saturated heterocycles. The van der Waals surface area contributed by atoms with Crippen molar-refractivity contribution >= 4 is 43.2 Å². The average molecular weight is 340 g/mol. The first kappa shape index (κ1) is 14.7. The summed E-state index contributed by atoms with van der Waals surface area (Å²) in [6.45, 7) is 3.44. The summed E-state index contributed by atoms with van der Waals surface area (Å²) in [6, 6.07) is 3.65. The molecular formula is C10H14BrNO3S2. The van der Waals surface area contributed by atoms with Crippen molar-refractivity contribution in [1.82, 2.24) is 4.72 Å². The Kier molecular flexibility index (Phi) is 5.15. The number of nitrogens with one attached hydrogen (secondary N) is 1. The Morgan fingerprint density at radius 1 is 1.53 bits per heavy atom. The lowest BCUT2D eigenvalue weighted by molar-refractivity contribution is -0.120. The number of hydrogen-bond donors (Lipinski definition) is 1. The van der Waals surface area contributed by atoms with Crippen LogP contribution in [0.25, 0.3) is 0 Å². The highest BCUT2D eigenvalue weighted by molar-refractivity contribution is 9.11. The second-order valence-corrected chi connectivity index (χ2v) is 7.99. The third kappa shape index (κ3) is 4.40. The van der Waals surface area contributed by atoms with E-state index in [9.17, 15) is 13.2 Å². The Balaban J connectivity index is 2.71. The maximum Gasteiger partial charge on any atom is 0.241 e. The first-order valence-electron chi connectivity index (χ1n) is 5.15. The van der Waals surface area contributed by atoms with Crippen LogP contribution in [0.2, 0.25) is 0 Å². The predicted octanol–water partition coefficient (Wildman–Crippen LogP) is 2.47. The maximum atomic E-state index is 11.7. The molecule has 1 unspecified atom stereocenters. The van der Waals surface area contributed by atoms with Crippen molar-refractivity contribution in [3.05, 3.63) is 20.8 Å². The van der Waals surface area contributed by atoms with Crippen LogP contribution in [0.4, 0.5) is 0 Å². The van der Waals surface area contributed by atoms with Gasteiger partial charge >= 0.3 is 0 Å². The third-order valence-corrected chi connectivity index (χ3v) is 5.41. The van der Waals surface area contributed by atoms with Gasteiger partial charge in [-0.2, -0.15) is 0 Å². The van der Waals surface area contributed by atoms with Gasteiger partial charge in [-0.1, -0.05) is 6.92 Å². The van der Waals surface area contributed by atoms with Gasteiger partial charge in [0, 0.05) is 4.88 Å². The second kappa shape index (κ2) is 5.97. The lowest BCUT2D eigenvalue weighted by Crippen LogP contribution is -2.35. The molecule has 0 saturated carbocycles. The Bertz CT molecular complexity index is 495. The van der Waals surface area contributed by atoms with E-state index in [0.717, 1.165) is 8.66 Å². The van der Waals surface area contributed by atoms with Crippen LogP contribution in [0.3, 0.4) is 0 Å². The smallest absolute Gasteiger partial charge is 0.241 e.